The molecule has 0 saturated carbocycles. The number of nitrogens with zero attached hydrogens (tertiary/aromatic N) is 3. The van der Waals surface area contributed by atoms with Crippen LogP contribution in [0.25, 0.3) is 6.08 Å². The molecule has 4 rings (SSSR count). The minimum absolute atomic E-state index is 0.0178. The van der Waals surface area contributed by atoms with Crippen LogP contribution in [0.1, 0.15) is 36.3 Å². The number of likely N-dealkylation sites (tertiary alicyclic amines) is 1. The number of aromatic nitrogens is 1. The molecule has 0 unspecified atom stereocenters. The first-order chi connectivity index (χ1) is 13.8. The standard InChI is InChI=1S/C20H25N3O4S2/c1-15-19(16(2)27-21-15)29(25,26)23-11-8-20(14-23)6-9-22(10-7-20)18(24)4-3-17-5-12-28-13-17/h3-5,12-13H,6-11,14H2,1-2H3. The SMILES string of the molecule is Cc1noc(C)c1S(=O)(=O)N1CCC2(CCN(C(=O)C=Cc3ccsc3)CC2)C1. The summed E-state index contributed by atoms with van der Waals surface area (Å²) in [7, 11) is -3.61. The van der Waals surface area contributed by atoms with Crippen molar-refractivity contribution in [3.8, 4) is 0 Å². The second-order valence-corrected chi connectivity index (χ2v) is 10.6. The highest BCUT2D eigenvalue weighted by Crippen LogP contribution is 2.42. The van der Waals surface area contributed by atoms with Gasteiger partial charge in [-0.2, -0.15) is 15.6 Å². The summed E-state index contributed by atoms with van der Waals surface area (Å²) in [4.78, 5) is 14.5. The molecule has 1 amide bonds. The number of aryl methyl sites for hydroxylation is 2. The number of piperidine rings is 1. The molecule has 156 valence electrons. The van der Waals surface area contributed by atoms with Crippen LogP contribution in [0.4, 0.5) is 0 Å². The van der Waals surface area contributed by atoms with E-state index in [9.17, 15) is 13.2 Å². The van der Waals surface area contributed by atoms with Gasteiger partial charge in [0.15, 0.2) is 5.76 Å². The fourth-order valence-corrected chi connectivity index (χ4v) is 6.80. The summed E-state index contributed by atoms with van der Waals surface area (Å²) in [5.74, 6) is 0.352. The van der Waals surface area contributed by atoms with Gasteiger partial charge in [-0.15, -0.1) is 0 Å². The average molecular weight is 436 g/mol. The van der Waals surface area contributed by atoms with E-state index < -0.39 is 10.0 Å². The van der Waals surface area contributed by atoms with E-state index in [1.54, 1.807) is 35.6 Å². The molecule has 1 spiro atoms. The van der Waals surface area contributed by atoms with E-state index in [1.165, 1.54) is 0 Å². The van der Waals surface area contributed by atoms with Gasteiger partial charge in [-0.1, -0.05) is 5.16 Å². The van der Waals surface area contributed by atoms with Gasteiger partial charge in [0.1, 0.15) is 10.6 Å². The molecule has 2 fully saturated rings. The minimum atomic E-state index is -3.61. The fraction of sp³-hybridized carbons (Fsp3) is 0.500. The molecule has 2 saturated heterocycles. The van der Waals surface area contributed by atoms with Gasteiger partial charge >= 0.3 is 0 Å². The maximum absolute atomic E-state index is 13.1. The Labute approximate surface area is 175 Å². The van der Waals surface area contributed by atoms with E-state index in [-0.39, 0.29) is 16.2 Å². The predicted molar refractivity (Wildman–Crippen MR) is 111 cm³/mol. The van der Waals surface area contributed by atoms with Crippen molar-refractivity contribution in [3.05, 3.63) is 39.9 Å². The summed E-state index contributed by atoms with van der Waals surface area (Å²) in [5, 5.41) is 7.78. The molecule has 2 aliphatic rings. The predicted octanol–water partition coefficient (Wildman–Crippen LogP) is 3.07. The van der Waals surface area contributed by atoms with Crippen molar-refractivity contribution in [3.63, 3.8) is 0 Å². The molecule has 0 aliphatic carbocycles. The molecule has 2 aliphatic heterocycles. The molecule has 0 aromatic carbocycles. The zero-order valence-corrected chi connectivity index (χ0v) is 18.3. The smallest absolute Gasteiger partial charge is 0.248 e. The molecular weight excluding hydrogens is 410 g/mol. The first kappa shape index (κ1) is 20.3. The van der Waals surface area contributed by atoms with Crippen LogP contribution in [0.15, 0.2) is 32.3 Å². The van der Waals surface area contributed by atoms with E-state index in [4.69, 9.17) is 4.52 Å². The quantitative estimate of drug-likeness (QED) is 0.689. The highest BCUT2D eigenvalue weighted by atomic mass is 32.2. The topological polar surface area (TPSA) is 83.7 Å². The Balaban J connectivity index is 1.39. The van der Waals surface area contributed by atoms with Crippen LogP contribution < -0.4 is 0 Å². The second kappa shape index (κ2) is 7.70. The minimum Gasteiger partial charge on any atom is -0.360 e. The number of amides is 1. The molecule has 9 heteroatoms. The van der Waals surface area contributed by atoms with Crippen molar-refractivity contribution in [2.45, 2.75) is 38.0 Å². The van der Waals surface area contributed by atoms with Gasteiger partial charge in [0.05, 0.1) is 0 Å². The number of sulfonamides is 1. The molecule has 2 aromatic rings. The first-order valence-corrected chi connectivity index (χ1v) is 12.1. The molecule has 0 atom stereocenters. The Bertz CT molecular complexity index is 997. The van der Waals surface area contributed by atoms with Gasteiger partial charge in [0.2, 0.25) is 15.9 Å². The van der Waals surface area contributed by atoms with Gasteiger partial charge < -0.3 is 9.42 Å². The Morgan fingerprint density at radius 2 is 1.97 bits per heavy atom. The lowest BCUT2D eigenvalue weighted by Gasteiger charge is -2.39. The maximum Gasteiger partial charge on any atom is 0.248 e. The number of thiophene rings is 1. The fourth-order valence-electron chi connectivity index (χ4n) is 4.32. The monoisotopic (exact) mass is 435 g/mol. The third-order valence-electron chi connectivity index (χ3n) is 6.07. The third kappa shape index (κ3) is 3.91. The molecule has 0 radical (unpaired) electrons. The van der Waals surface area contributed by atoms with Crippen molar-refractivity contribution in [2.24, 2.45) is 5.41 Å². The number of carbonyl (C=O) groups excluding carboxylic acids is 1. The van der Waals surface area contributed by atoms with E-state index >= 15 is 0 Å². The van der Waals surface area contributed by atoms with Gasteiger partial charge in [-0.05, 0) is 67.0 Å². The van der Waals surface area contributed by atoms with Crippen molar-refractivity contribution >= 4 is 33.3 Å². The molecule has 4 heterocycles. The highest BCUT2D eigenvalue weighted by Gasteiger charge is 2.46. The molecule has 2 aromatic heterocycles. The van der Waals surface area contributed by atoms with Crippen molar-refractivity contribution in [1.82, 2.24) is 14.4 Å². The zero-order valence-electron chi connectivity index (χ0n) is 16.6. The largest absolute Gasteiger partial charge is 0.360 e. The van der Waals surface area contributed by atoms with Crippen molar-refractivity contribution < 1.29 is 17.7 Å². The lowest BCUT2D eigenvalue weighted by molar-refractivity contribution is -0.128. The van der Waals surface area contributed by atoms with E-state index in [1.807, 2.05) is 27.8 Å². The van der Waals surface area contributed by atoms with Crippen molar-refractivity contribution in [1.29, 1.82) is 0 Å². The number of hydrogen-bond acceptors (Lipinski definition) is 6. The Kier molecular flexibility index (Phi) is 5.39. The van der Waals surface area contributed by atoms with Gasteiger partial charge in [0.25, 0.3) is 0 Å². The second-order valence-electron chi connectivity index (χ2n) is 7.96. The average Bonchev–Trinajstić information content (AvgIpc) is 3.42. The normalized spacial score (nSPS) is 20.1. The summed E-state index contributed by atoms with van der Waals surface area (Å²) >= 11 is 1.60. The zero-order chi connectivity index (χ0) is 20.6. The number of hydrogen-bond donors (Lipinski definition) is 0. The molecule has 0 N–H and O–H groups in total. The Morgan fingerprint density at radius 1 is 1.24 bits per heavy atom. The van der Waals surface area contributed by atoms with Crippen LogP contribution in [0.5, 0.6) is 0 Å². The maximum atomic E-state index is 13.1. The Hall–Kier alpha value is -1.97. The number of carbonyl (C=O) groups is 1. The summed E-state index contributed by atoms with van der Waals surface area (Å²) in [6, 6.07) is 1.98. The summed E-state index contributed by atoms with van der Waals surface area (Å²) in [5.41, 5.74) is 1.38. The Morgan fingerprint density at radius 3 is 2.59 bits per heavy atom. The lowest BCUT2D eigenvalue weighted by Crippen LogP contribution is -2.44. The number of rotatable bonds is 4. The molecule has 7 nitrogen and oxygen atoms in total. The summed E-state index contributed by atoms with van der Waals surface area (Å²) < 4.78 is 32.8. The van der Waals surface area contributed by atoms with Gasteiger partial charge in [-0.3, -0.25) is 4.79 Å². The van der Waals surface area contributed by atoms with Crippen LogP contribution in [0, 0.1) is 19.3 Å². The molecular formula is C20H25N3O4S2. The van der Waals surface area contributed by atoms with Crippen LogP contribution in [0.2, 0.25) is 0 Å². The van der Waals surface area contributed by atoms with Crippen molar-refractivity contribution in [2.75, 3.05) is 26.2 Å². The highest BCUT2D eigenvalue weighted by molar-refractivity contribution is 7.89. The summed E-state index contributed by atoms with van der Waals surface area (Å²) in [6.45, 7) is 5.60. The summed E-state index contributed by atoms with van der Waals surface area (Å²) in [6.07, 6.45) is 5.93. The van der Waals surface area contributed by atoms with E-state index in [0.717, 1.165) is 24.8 Å². The first-order valence-electron chi connectivity index (χ1n) is 9.73. The van der Waals surface area contributed by atoms with Crippen LogP contribution in [0.3, 0.4) is 0 Å². The molecule has 29 heavy (non-hydrogen) atoms. The molecule has 0 bridgehead atoms. The van der Waals surface area contributed by atoms with Crippen LogP contribution >= 0.6 is 11.3 Å². The van der Waals surface area contributed by atoms with E-state index in [0.29, 0.717) is 37.6 Å². The third-order valence-corrected chi connectivity index (χ3v) is 8.86. The van der Waals surface area contributed by atoms with Gasteiger partial charge in [0, 0.05) is 32.3 Å². The van der Waals surface area contributed by atoms with E-state index in [2.05, 4.69) is 5.16 Å². The lowest BCUT2D eigenvalue weighted by atomic mass is 9.78. The van der Waals surface area contributed by atoms with Crippen LogP contribution in [-0.4, -0.2) is 54.9 Å². The van der Waals surface area contributed by atoms with Gasteiger partial charge in [-0.25, -0.2) is 8.42 Å². The van der Waals surface area contributed by atoms with Crippen LogP contribution in [-0.2, 0) is 14.8 Å².